The Labute approximate surface area is 90.2 Å². The molecule has 0 amide bonds. The maximum Gasteiger partial charge on any atom is 0.302 e. The van der Waals surface area contributed by atoms with Crippen LogP contribution in [0.1, 0.15) is 40.5 Å². The van der Waals surface area contributed by atoms with E-state index in [1.807, 2.05) is 6.92 Å². The number of ether oxygens (including phenoxy) is 1. The minimum absolute atomic E-state index is 0.0375. The summed E-state index contributed by atoms with van der Waals surface area (Å²) in [6, 6.07) is 0. The molecule has 0 radical (unpaired) electrons. The molecule has 2 fully saturated rings. The summed E-state index contributed by atoms with van der Waals surface area (Å²) >= 11 is 0. The van der Waals surface area contributed by atoms with Gasteiger partial charge in [-0.3, -0.25) is 9.59 Å². The van der Waals surface area contributed by atoms with Gasteiger partial charge in [0.1, 0.15) is 11.9 Å². The summed E-state index contributed by atoms with van der Waals surface area (Å²) in [6.45, 7) is 7.68. The van der Waals surface area contributed by atoms with E-state index in [1.54, 1.807) is 0 Å². The van der Waals surface area contributed by atoms with Crippen LogP contribution in [0.3, 0.4) is 0 Å². The second-order valence-electron chi connectivity index (χ2n) is 5.64. The number of fused-ring (bicyclic) bond motifs is 2. The standard InChI is InChI=1S/C12H18O3/c1-7(13)15-9-6-12(4)10(14)5-8(9)11(12,2)3/h8-9H,5-6H2,1-4H3/t8-,9+,12-/m0/s1. The van der Waals surface area contributed by atoms with Gasteiger partial charge in [-0.15, -0.1) is 0 Å². The zero-order valence-corrected chi connectivity index (χ0v) is 9.79. The monoisotopic (exact) mass is 210 g/mol. The summed E-state index contributed by atoms with van der Waals surface area (Å²) in [4.78, 5) is 22.8. The fraction of sp³-hybridized carbons (Fsp3) is 0.833. The molecular formula is C12H18O3. The van der Waals surface area contributed by atoms with E-state index in [4.69, 9.17) is 4.74 Å². The molecule has 0 aromatic carbocycles. The van der Waals surface area contributed by atoms with Crippen LogP contribution in [0.25, 0.3) is 0 Å². The number of Topliss-reactive ketones (excluding diaryl/α,β-unsaturated/α-hetero) is 1. The molecule has 0 unspecified atom stereocenters. The number of ketones is 1. The molecular weight excluding hydrogens is 192 g/mol. The third kappa shape index (κ3) is 1.18. The van der Waals surface area contributed by atoms with Crippen molar-refractivity contribution in [3.05, 3.63) is 0 Å². The van der Waals surface area contributed by atoms with Gasteiger partial charge < -0.3 is 4.74 Å². The third-order valence-electron chi connectivity index (χ3n) is 4.75. The number of carbonyl (C=O) groups is 2. The average molecular weight is 210 g/mol. The first-order valence-corrected chi connectivity index (χ1v) is 5.49. The minimum Gasteiger partial charge on any atom is -0.462 e. The van der Waals surface area contributed by atoms with Crippen molar-refractivity contribution in [2.45, 2.75) is 46.6 Å². The zero-order valence-electron chi connectivity index (χ0n) is 9.79. The largest absolute Gasteiger partial charge is 0.462 e. The summed E-state index contributed by atoms with van der Waals surface area (Å²) in [5.74, 6) is 0.305. The van der Waals surface area contributed by atoms with Gasteiger partial charge in [0.15, 0.2) is 0 Å². The Hall–Kier alpha value is -0.860. The molecule has 3 atom stereocenters. The molecule has 0 N–H and O–H groups in total. The lowest BCUT2D eigenvalue weighted by Crippen LogP contribution is -2.33. The molecule has 3 heteroatoms. The van der Waals surface area contributed by atoms with E-state index in [1.165, 1.54) is 6.92 Å². The number of esters is 1. The number of hydrogen-bond acceptors (Lipinski definition) is 3. The fourth-order valence-corrected chi connectivity index (χ4v) is 3.30. The lowest BCUT2D eigenvalue weighted by Gasteiger charge is -2.31. The normalized spacial score (nSPS) is 42.0. The van der Waals surface area contributed by atoms with Crippen molar-refractivity contribution < 1.29 is 14.3 Å². The van der Waals surface area contributed by atoms with Crippen LogP contribution in [0.5, 0.6) is 0 Å². The van der Waals surface area contributed by atoms with Gasteiger partial charge in [-0.05, 0) is 11.8 Å². The van der Waals surface area contributed by atoms with E-state index in [0.29, 0.717) is 18.6 Å². The zero-order chi connectivity index (χ0) is 11.4. The van der Waals surface area contributed by atoms with Crippen LogP contribution in [-0.2, 0) is 14.3 Å². The van der Waals surface area contributed by atoms with Crippen LogP contribution < -0.4 is 0 Å². The molecule has 0 heterocycles. The average Bonchev–Trinajstić information content (AvgIpc) is 2.34. The first kappa shape index (κ1) is 10.7. The van der Waals surface area contributed by atoms with Gasteiger partial charge in [-0.2, -0.15) is 0 Å². The van der Waals surface area contributed by atoms with Gasteiger partial charge in [0.2, 0.25) is 0 Å². The quantitative estimate of drug-likeness (QED) is 0.621. The molecule has 0 aromatic rings. The van der Waals surface area contributed by atoms with Gasteiger partial charge in [0.05, 0.1) is 0 Å². The van der Waals surface area contributed by atoms with Crippen LogP contribution in [0.2, 0.25) is 0 Å². The highest BCUT2D eigenvalue weighted by Gasteiger charge is 2.66. The molecule has 0 aromatic heterocycles. The van der Waals surface area contributed by atoms with Crippen molar-refractivity contribution in [2.24, 2.45) is 16.7 Å². The Morgan fingerprint density at radius 3 is 2.33 bits per heavy atom. The van der Waals surface area contributed by atoms with Crippen LogP contribution >= 0.6 is 0 Å². The summed E-state index contributed by atoms with van der Waals surface area (Å²) in [7, 11) is 0. The molecule has 2 bridgehead atoms. The maximum atomic E-state index is 11.9. The molecule has 0 aliphatic heterocycles. The van der Waals surface area contributed by atoms with Crippen LogP contribution in [-0.4, -0.2) is 17.9 Å². The Bertz CT molecular complexity index is 332. The Morgan fingerprint density at radius 2 is 2.00 bits per heavy atom. The third-order valence-corrected chi connectivity index (χ3v) is 4.75. The van der Waals surface area contributed by atoms with Crippen molar-refractivity contribution in [2.75, 3.05) is 0 Å². The smallest absolute Gasteiger partial charge is 0.302 e. The maximum absolute atomic E-state index is 11.9. The van der Waals surface area contributed by atoms with E-state index < -0.39 is 0 Å². The SMILES string of the molecule is CC(=O)O[C@@H]1C[C@@]2(C)C(=O)C[C@@H]1C2(C)C. The van der Waals surface area contributed by atoms with Crippen molar-refractivity contribution >= 4 is 11.8 Å². The molecule has 3 nitrogen and oxygen atoms in total. The van der Waals surface area contributed by atoms with Gasteiger partial charge in [-0.25, -0.2) is 0 Å². The highest BCUT2D eigenvalue weighted by Crippen LogP contribution is 2.64. The fourth-order valence-electron chi connectivity index (χ4n) is 3.30. The minimum atomic E-state index is -0.294. The van der Waals surface area contributed by atoms with Crippen LogP contribution in [0, 0.1) is 16.7 Å². The number of rotatable bonds is 1. The Morgan fingerprint density at radius 1 is 1.40 bits per heavy atom. The Kier molecular flexibility index (Phi) is 2.01. The first-order valence-electron chi connectivity index (χ1n) is 5.49. The number of hydrogen-bond donors (Lipinski definition) is 0. The predicted molar refractivity (Wildman–Crippen MR) is 55.2 cm³/mol. The van der Waals surface area contributed by atoms with E-state index >= 15 is 0 Å². The first-order chi connectivity index (χ1) is 6.79. The second kappa shape index (κ2) is 2.83. The van der Waals surface area contributed by atoms with Crippen molar-refractivity contribution in [1.82, 2.24) is 0 Å². The van der Waals surface area contributed by atoms with Gasteiger partial charge in [0, 0.05) is 24.7 Å². The molecule has 15 heavy (non-hydrogen) atoms. The molecule has 84 valence electrons. The molecule has 2 aliphatic carbocycles. The summed E-state index contributed by atoms with van der Waals surface area (Å²) in [5, 5.41) is 0. The topological polar surface area (TPSA) is 43.4 Å². The number of carbonyl (C=O) groups excluding carboxylic acids is 2. The lowest BCUT2D eigenvalue weighted by atomic mass is 9.70. The van der Waals surface area contributed by atoms with Gasteiger partial charge in [0.25, 0.3) is 0 Å². The van der Waals surface area contributed by atoms with E-state index in [0.717, 1.165) is 0 Å². The molecule has 2 rings (SSSR count). The van der Waals surface area contributed by atoms with E-state index in [9.17, 15) is 9.59 Å². The van der Waals surface area contributed by atoms with E-state index in [-0.39, 0.29) is 28.8 Å². The summed E-state index contributed by atoms with van der Waals surface area (Å²) in [5.41, 5.74) is -0.331. The highest BCUT2D eigenvalue weighted by molar-refractivity contribution is 5.89. The predicted octanol–water partition coefficient (Wildman–Crippen LogP) is 1.94. The van der Waals surface area contributed by atoms with Crippen molar-refractivity contribution in [3.63, 3.8) is 0 Å². The van der Waals surface area contributed by atoms with Crippen LogP contribution in [0.4, 0.5) is 0 Å². The lowest BCUT2D eigenvalue weighted by molar-refractivity contribution is -0.151. The Balaban J connectivity index is 2.28. The van der Waals surface area contributed by atoms with E-state index in [2.05, 4.69) is 13.8 Å². The van der Waals surface area contributed by atoms with Gasteiger partial charge in [-0.1, -0.05) is 20.8 Å². The molecule has 0 spiro atoms. The molecule has 2 saturated carbocycles. The van der Waals surface area contributed by atoms with Crippen LogP contribution in [0.15, 0.2) is 0 Å². The molecule has 0 saturated heterocycles. The van der Waals surface area contributed by atoms with Crippen molar-refractivity contribution in [1.29, 1.82) is 0 Å². The van der Waals surface area contributed by atoms with Crippen molar-refractivity contribution in [3.8, 4) is 0 Å². The molecule has 2 aliphatic rings. The van der Waals surface area contributed by atoms with Gasteiger partial charge >= 0.3 is 5.97 Å². The summed E-state index contributed by atoms with van der Waals surface area (Å²) < 4.78 is 5.30. The summed E-state index contributed by atoms with van der Waals surface area (Å²) in [6.07, 6.45) is 1.21. The second-order valence-corrected chi connectivity index (χ2v) is 5.64. The highest BCUT2D eigenvalue weighted by atomic mass is 16.5.